The van der Waals surface area contributed by atoms with E-state index in [1.807, 2.05) is 60.2 Å². The highest BCUT2D eigenvalue weighted by Gasteiger charge is 2.09. The summed E-state index contributed by atoms with van der Waals surface area (Å²) in [4.78, 5) is 24.3. The van der Waals surface area contributed by atoms with Gasteiger partial charge < -0.3 is 19.9 Å². The third-order valence-electron chi connectivity index (χ3n) is 4.44. The summed E-state index contributed by atoms with van der Waals surface area (Å²) in [6.07, 6.45) is 2.08. The quantitative estimate of drug-likeness (QED) is 0.581. The molecule has 0 aliphatic heterocycles. The molecule has 0 radical (unpaired) electrons. The number of carbonyl (C=O) groups is 2. The number of benzene rings is 2. The molecule has 28 heavy (non-hydrogen) atoms. The number of rotatable bonds is 7. The van der Waals surface area contributed by atoms with Crippen LogP contribution in [0.4, 0.5) is 5.69 Å². The lowest BCUT2D eigenvalue weighted by Gasteiger charge is -2.10. The zero-order chi connectivity index (χ0) is 20.1. The third kappa shape index (κ3) is 4.92. The molecular formula is C21H22BrN3O3. The van der Waals surface area contributed by atoms with Crippen LogP contribution in [0.2, 0.25) is 0 Å². The second kappa shape index (κ2) is 8.93. The Hall–Kier alpha value is -2.80. The molecule has 0 saturated carbocycles. The monoisotopic (exact) mass is 443 g/mol. The van der Waals surface area contributed by atoms with Crippen molar-refractivity contribution in [1.29, 1.82) is 0 Å². The lowest BCUT2D eigenvalue weighted by molar-refractivity contribution is -0.121. The number of nitrogens with one attached hydrogen (secondary N) is 2. The molecule has 2 amide bonds. The summed E-state index contributed by atoms with van der Waals surface area (Å²) in [6.45, 7) is 2.41. The second-order valence-electron chi connectivity index (χ2n) is 6.48. The number of hydrogen-bond acceptors (Lipinski definition) is 3. The zero-order valence-corrected chi connectivity index (χ0v) is 17.4. The number of halogens is 1. The molecule has 3 aromatic rings. The van der Waals surface area contributed by atoms with Gasteiger partial charge in [-0.25, -0.2) is 0 Å². The Morgan fingerprint density at radius 3 is 2.71 bits per heavy atom. The summed E-state index contributed by atoms with van der Waals surface area (Å²) in [7, 11) is 1.62. The minimum Gasteiger partial charge on any atom is -0.497 e. The van der Waals surface area contributed by atoms with Gasteiger partial charge in [-0.05, 0) is 48.9 Å². The smallest absolute Gasteiger partial charge is 0.239 e. The number of anilines is 1. The van der Waals surface area contributed by atoms with E-state index < -0.39 is 0 Å². The highest BCUT2D eigenvalue weighted by Crippen LogP contribution is 2.22. The van der Waals surface area contributed by atoms with Crippen molar-refractivity contribution in [2.24, 2.45) is 0 Å². The number of ether oxygens (including phenoxy) is 1. The number of hydrogen-bond donors (Lipinski definition) is 2. The van der Waals surface area contributed by atoms with Crippen LogP contribution in [0.3, 0.4) is 0 Å². The Labute approximate surface area is 172 Å². The van der Waals surface area contributed by atoms with E-state index in [0.717, 1.165) is 32.4 Å². The Morgan fingerprint density at radius 2 is 1.93 bits per heavy atom. The van der Waals surface area contributed by atoms with Crippen LogP contribution in [-0.4, -0.2) is 30.0 Å². The molecule has 0 bridgehead atoms. The molecule has 0 aliphatic carbocycles. The number of fused-ring (bicyclic) bond motifs is 1. The van der Waals surface area contributed by atoms with Crippen LogP contribution >= 0.6 is 15.9 Å². The Kier molecular flexibility index (Phi) is 6.36. The van der Waals surface area contributed by atoms with E-state index in [9.17, 15) is 9.59 Å². The molecule has 3 rings (SSSR count). The fourth-order valence-corrected chi connectivity index (χ4v) is 3.27. The van der Waals surface area contributed by atoms with Gasteiger partial charge >= 0.3 is 0 Å². The van der Waals surface area contributed by atoms with Crippen molar-refractivity contribution in [2.45, 2.75) is 19.9 Å². The van der Waals surface area contributed by atoms with Crippen LogP contribution in [-0.2, 0) is 16.1 Å². The summed E-state index contributed by atoms with van der Waals surface area (Å²) in [6, 6.07) is 13.4. The Bertz CT molecular complexity index is 1010. The normalized spacial score (nSPS) is 10.7. The van der Waals surface area contributed by atoms with Gasteiger partial charge in [0.15, 0.2) is 0 Å². The molecule has 6 nitrogen and oxygen atoms in total. The molecule has 0 unspecified atom stereocenters. The van der Waals surface area contributed by atoms with Gasteiger partial charge in [0.1, 0.15) is 12.3 Å². The van der Waals surface area contributed by atoms with Gasteiger partial charge in [0.25, 0.3) is 0 Å². The number of nitrogens with zero attached hydrogens (tertiary/aromatic N) is 1. The van der Waals surface area contributed by atoms with Gasteiger partial charge in [0, 0.05) is 40.2 Å². The van der Waals surface area contributed by atoms with Crippen LogP contribution in [0.1, 0.15) is 12.0 Å². The minimum atomic E-state index is -0.139. The lowest BCUT2D eigenvalue weighted by atomic mass is 10.2. The summed E-state index contributed by atoms with van der Waals surface area (Å²) < 4.78 is 7.99. The molecule has 1 heterocycles. The van der Waals surface area contributed by atoms with Crippen molar-refractivity contribution < 1.29 is 14.3 Å². The van der Waals surface area contributed by atoms with E-state index in [0.29, 0.717) is 0 Å². The molecule has 7 heteroatoms. The fraction of sp³-hybridized carbons (Fsp3) is 0.238. The van der Waals surface area contributed by atoms with Gasteiger partial charge in [0.05, 0.1) is 7.11 Å². The maximum absolute atomic E-state index is 12.2. The molecule has 0 aliphatic rings. The van der Waals surface area contributed by atoms with Crippen molar-refractivity contribution >= 4 is 44.3 Å². The average molecular weight is 444 g/mol. The first kappa shape index (κ1) is 19.9. The van der Waals surface area contributed by atoms with Gasteiger partial charge in [-0.2, -0.15) is 0 Å². The summed E-state index contributed by atoms with van der Waals surface area (Å²) in [5, 5.41) is 6.67. The molecule has 0 fully saturated rings. The first-order chi connectivity index (χ1) is 13.5. The molecule has 1 aromatic heterocycles. The van der Waals surface area contributed by atoms with Crippen molar-refractivity contribution in [3.05, 3.63) is 58.7 Å². The van der Waals surface area contributed by atoms with Gasteiger partial charge in [-0.1, -0.05) is 22.0 Å². The van der Waals surface area contributed by atoms with Crippen LogP contribution in [0, 0.1) is 6.92 Å². The second-order valence-corrected chi connectivity index (χ2v) is 7.39. The third-order valence-corrected chi connectivity index (χ3v) is 4.93. The van der Waals surface area contributed by atoms with E-state index in [4.69, 9.17) is 4.74 Å². The highest BCUT2D eigenvalue weighted by atomic mass is 79.9. The molecule has 146 valence electrons. The summed E-state index contributed by atoms with van der Waals surface area (Å²) >= 11 is 3.39. The van der Waals surface area contributed by atoms with E-state index >= 15 is 0 Å². The number of aryl methyl sites for hydroxylation is 1. The number of methoxy groups -OCH3 is 1. The van der Waals surface area contributed by atoms with Crippen LogP contribution < -0.4 is 15.4 Å². The van der Waals surface area contributed by atoms with Gasteiger partial charge in [-0.15, -0.1) is 0 Å². The van der Waals surface area contributed by atoms with E-state index in [-0.39, 0.29) is 31.3 Å². The maximum Gasteiger partial charge on any atom is 0.239 e. The van der Waals surface area contributed by atoms with E-state index in [2.05, 4.69) is 26.6 Å². The van der Waals surface area contributed by atoms with Gasteiger partial charge in [0.2, 0.25) is 11.8 Å². The highest BCUT2D eigenvalue weighted by molar-refractivity contribution is 9.10. The predicted octanol–water partition coefficient (Wildman–Crippen LogP) is 3.87. The zero-order valence-electron chi connectivity index (χ0n) is 15.8. The largest absolute Gasteiger partial charge is 0.497 e. The number of amides is 2. The molecule has 0 atom stereocenters. The van der Waals surface area contributed by atoms with Crippen LogP contribution in [0.5, 0.6) is 5.75 Å². The standard InChI is InChI=1S/C21H22BrN3O3/c1-14-3-4-16(22)12-18(14)24-20(26)7-9-23-21(27)13-25-10-8-15-11-17(28-2)5-6-19(15)25/h3-6,8,10-12H,7,9,13H2,1-2H3,(H,23,27)(H,24,26). The number of aromatic nitrogens is 1. The number of carbonyl (C=O) groups excluding carboxylic acids is 2. The van der Waals surface area contributed by atoms with Crippen LogP contribution in [0.25, 0.3) is 10.9 Å². The van der Waals surface area contributed by atoms with Crippen molar-refractivity contribution in [1.82, 2.24) is 9.88 Å². The lowest BCUT2D eigenvalue weighted by Crippen LogP contribution is -2.30. The van der Waals surface area contributed by atoms with E-state index in [1.165, 1.54) is 0 Å². The first-order valence-corrected chi connectivity index (χ1v) is 9.71. The topological polar surface area (TPSA) is 72.4 Å². The molecule has 0 spiro atoms. The van der Waals surface area contributed by atoms with Crippen molar-refractivity contribution in [3.8, 4) is 5.75 Å². The summed E-state index contributed by atoms with van der Waals surface area (Å²) in [5.41, 5.74) is 2.70. The maximum atomic E-state index is 12.2. The fourth-order valence-electron chi connectivity index (χ4n) is 2.91. The molecule has 2 aromatic carbocycles. The SMILES string of the molecule is COc1ccc2c(ccn2CC(=O)NCCC(=O)Nc2cc(Br)ccc2C)c1. The van der Waals surface area contributed by atoms with Crippen molar-refractivity contribution in [2.75, 3.05) is 19.0 Å². The minimum absolute atomic E-state index is 0.139. The summed E-state index contributed by atoms with van der Waals surface area (Å²) in [5.74, 6) is 0.501. The average Bonchev–Trinajstić information content (AvgIpc) is 3.06. The van der Waals surface area contributed by atoms with E-state index in [1.54, 1.807) is 7.11 Å². The predicted molar refractivity (Wildman–Crippen MR) is 114 cm³/mol. The van der Waals surface area contributed by atoms with Crippen LogP contribution in [0.15, 0.2) is 53.1 Å². The Balaban J connectivity index is 1.49. The Morgan fingerprint density at radius 1 is 1.11 bits per heavy atom. The van der Waals surface area contributed by atoms with Gasteiger partial charge in [-0.3, -0.25) is 9.59 Å². The molecule has 2 N–H and O–H groups in total. The molecule has 0 saturated heterocycles. The molecular weight excluding hydrogens is 422 g/mol. The van der Waals surface area contributed by atoms with Crippen molar-refractivity contribution in [3.63, 3.8) is 0 Å². The first-order valence-electron chi connectivity index (χ1n) is 8.92.